The average molecular weight is 267 g/mol. The molecule has 1 aliphatic carbocycles. The summed E-state index contributed by atoms with van der Waals surface area (Å²) in [6.07, 6.45) is 7.13. The summed E-state index contributed by atoms with van der Waals surface area (Å²) < 4.78 is 0. The van der Waals surface area contributed by atoms with Crippen LogP contribution in [0.4, 0.5) is 5.69 Å². The Morgan fingerprint density at radius 1 is 1.05 bits per heavy atom. The van der Waals surface area contributed by atoms with Crippen LogP contribution in [0.15, 0.2) is 28.7 Å². The average Bonchev–Trinajstić information content (AvgIpc) is 2.44. The van der Waals surface area contributed by atoms with Crippen LogP contribution in [0.1, 0.15) is 44.2 Å². The van der Waals surface area contributed by atoms with Crippen LogP contribution in [-0.4, -0.2) is 10.2 Å². The number of aromatic amines is 1. The fraction of sp³-hybridized carbons (Fsp3) is 0.375. The Labute approximate surface area is 116 Å². The van der Waals surface area contributed by atoms with Crippen molar-refractivity contribution in [1.29, 1.82) is 0 Å². The third-order valence-corrected chi connectivity index (χ3v) is 4.35. The molecule has 2 heterocycles. The second kappa shape index (κ2) is 4.47. The number of nitrogens with zero attached hydrogens (tertiary/aromatic N) is 1. The van der Waals surface area contributed by atoms with Crippen LogP contribution in [0.2, 0.25) is 0 Å². The molecule has 4 heteroatoms. The Hall–Kier alpha value is -2.10. The van der Waals surface area contributed by atoms with Crippen LogP contribution in [0, 0.1) is 0 Å². The molecule has 102 valence electrons. The van der Waals surface area contributed by atoms with Gasteiger partial charge in [-0.3, -0.25) is 4.79 Å². The molecular weight excluding hydrogens is 250 g/mol. The SMILES string of the molecule is O=c1[nH]nc2c3c(cccc13)NC1=C2CCCCCC1. The van der Waals surface area contributed by atoms with Gasteiger partial charge in [0.1, 0.15) is 0 Å². The molecule has 0 fully saturated rings. The molecule has 0 saturated carbocycles. The Kier molecular flexibility index (Phi) is 2.62. The van der Waals surface area contributed by atoms with Gasteiger partial charge in [0.2, 0.25) is 0 Å². The summed E-state index contributed by atoms with van der Waals surface area (Å²) >= 11 is 0. The van der Waals surface area contributed by atoms with Gasteiger partial charge >= 0.3 is 0 Å². The molecular formula is C16H17N3O. The zero-order valence-electron chi connectivity index (χ0n) is 11.3. The van der Waals surface area contributed by atoms with Crippen molar-refractivity contribution in [1.82, 2.24) is 10.2 Å². The highest BCUT2D eigenvalue weighted by atomic mass is 16.1. The molecule has 1 aromatic carbocycles. The van der Waals surface area contributed by atoms with Crippen LogP contribution < -0.4 is 10.9 Å². The maximum atomic E-state index is 11.9. The van der Waals surface area contributed by atoms with E-state index in [1.807, 2.05) is 18.2 Å². The van der Waals surface area contributed by atoms with Crippen LogP contribution >= 0.6 is 0 Å². The predicted octanol–water partition coefficient (Wildman–Crippen LogP) is 3.41. The summed E-state index contributed by atoms with van der Waals surface area (Å²) in [7, 11) is 0. The summed E-state index contributed by atoms with van der Waals surface area (Å²) in [6.45, 7) is 0. The molecule has 4 rings (SSSR count). The number of nitrogens with one attached hydrogen (secondary N) is 2. The third kappa shape index (κ3) is 1.68. The van der Waals surface area contributed by atoms with Crippen molar-refractivity contribution >= 4 is 22.0 Å². The first-order valence-electron chi connectivity index (χ1n) is 7.35. The Balaban J connectivity index is 2.01. The quantitative estimate of drug-likeness (QED) is 0.769. The number of fused-ring (bicyclic) bond motifs is 1. The van der Waals surface area contributed by atoms with Gasteiger partial charge in [0.05, 0.1) is 11.1 Å². The van der Waals surface area contributed by atoms with E-state index in [9.17, 15) is 4.79 Å². The van der Waals surface area contributed by atoms with Gasteiger partial charge in [-0.15, -0.1) is 0 Å². The van der Waals surface area contributed by atoms with E-state index in [0.29, 0.717) is 0 Å². The van der Waals surface area contributed by atoms with Crippen LogP contribution in [0.3, 0.4) is 0 Å². The molecule has 1 aromatic heterocycles. The minimum absolute atomic E-state index is 0.109. The van der Waals surface area contributed by atoms with Gasteiger partial charge in [0, 0.05) is 16.8 Å². The van der Waals surface area contributed by atoms with E-state index in [1.54, 1.807) is 0 Å². The molecule has 2 N–H and O–H groups in total. The monoisotopic (exact) mass is 267 g/mol. The van der Waals surface area contributed by atoms with Gasteiger partial charge in [-0.25, -0.2) is 5.10 Å². The van der Waals surface area contributed by atoms with Gasteiger partial charge in [-0.1, -0.05) is 18.9 Å². The Morgan fingerprint density at radius 2 is 1.90 bits per heavy atom. The largest absolute Gasteiger partial charge is 0.358 e. The number of rotatable bonds is 0. The van der Waals surface area contributed by atoms with Gasteiger partial charge in [-0.05, 0) is 43.4 Å². The molecule has 0 bridgehead atoms. The number of anilines is 1. The van der Waals surface area contributed by atoms with Crippen molar-refractivity contribution < 1.29 is 0 Å². The molecule has 20 heavy (non-hydrogen) atoms. The van der Waals surface area contributed by atoms with Gasteiger partial charge < -0.3 is 5.32 Å². The molecule has 4 nitrogen and oxygen atoms in total. The van der Waals surface area contributed by atoms with E-state index >= 15 is 0 Å². The molecule has 2 aromatic rings. The first-order valence-corrected chi connectivity index (χ1v) is 7.35. The maximum Gasteiger partial charge on any atom is 0.272 e. The van der Waals surface area contributed by atoms with E-state index in [1.165, 1.54) is 37.0 Å². The second-order valence-corrected chi connectivity index (χ2v) is 5.63. The fourth-order valence-corrected chi connectivity index (χ4v) is 3.36. The third-order valence-electron chi connectivity index (χ3n) is 4.35. The molecule has 0 radical (unpaired) electrons. The lowest BCUT2D eigenvalue weighted by atomic mass is 9.90. The summed E-state index contributed by atoms with van der Waals surface area (Å²) in [5.41, 5.74) is 4.48. The molecule has 0 unspecified atom stereocenters. The second-order valence-electron chi connectivity index (χ2n) is 5.63. The zero-order valence-corrected chi connectivity index (χ0v) is 11.3. The number of hydrogen-bond donors (Lipinski definition) is 2. The zero-order chi connectivity index (χ0) is 13.5. The first kappa shape index (κ1) is 11.7. The molecule has 0 atom stereocenters. The highest BCUT2D eigenvalue weighted by molar-refractivity contribution is 6.04. The lowest BCUT2D eigenvalue weighted by molar-refractivity contribution is 0.631. The van der Waals surface area contributed by atoms with E-state index in [0.717, 1.165) is 35.0 Å². The summed E-state index contributed by atoms with van der Waals surface area (Å²) in [4.78, 5) is 11.9. The fourth-order valence-electron chi connectivity index (χ4n) is 3.36. The van der Waals surface area contributed by atoms with Crippen molar-refractivity contribution in [3.63, 3.8) is 0 Å². The van der Waals surface area contributed by atoms with Gasteiger partial charge in [0.25, 0.3) is 5.56 Å². The summed E-state index contributed by atoms with van der Waals surface area (Å²) in [6, 6.07) is 5.84. The van der Waals surface area contributed by atoms with Gasteiger partial charge in [0.15, 0.2) is 0 Å². The number of aromatic nitrogens is 2. The number of benzene rings is 1. The minimum Gasteiger partial charge on any atom is -0.358 e. The minimum atomic E-state index is -0.109. The highest BCUT2D eigenvalue weighted by Gasteiger charge is 2.23. The van der Waals surface area contributed by atoms with E-state index < -0.39 is 0 Å². The highest BCUT2D eigenvalue weighted by Crippen LogP contribution is 2.39. The van der Waals surface area contributed by atoms with Crippen molar-refractivity contribution in [3.8, 4) is 0 Å². The predicted molar refractivity (Wildman–Crippen MR) is 80.6 cm³/mol. The lowest BCUT2D eigenvalue weighted by Gasteiger charge is -2.25. The summed E-state index contributed by atoms with van der Waals surface area (Å²) in [5.74, 6) is 0. The maximum absolute atomic E-state index is 11.9. The van der Waals surface area contributed by atoms with Crippen molar-refractivity contribution in [2.24, 2.45) is 0 Å². The number of H-pyrrole nitrogens is 1. The van der Waals surface area contributed by atoms with E-state index in [-0.39, 0.29) is 5.56 Å². The number of allylic oxidation sites excluding steroid dienone is 2. The Bertz CT molecular complexity index is 773. The lowest BCUT2D eigenvalue weighted by Crippen LogP contribution is -2.18. The van der Waals surface area contributed by atoms with Crippen molar-refractivity contribution in [2.45, 2.75) is 38.5 Å². The van der Waals surface area contributed by atoms with Gasteiger partial charge in [-0.2, -0.15) is 5.10 Å². The van der Waals surface area contributed by atoms with E-state index in [4.69, 9.17) is 0 Å². The van der Waals surface area contributed by atoms with E-state index in [2.05, 4.69) is 15.5 Å². The molecule has 2 aliphatic rings. The van der Waals surface area contributed by atoms with Crippen LogP contribution in [-0.2, 0) is 0 Å². The normalized spacial score (nSPS) is 18.2. The molecule has 0 spiro atoms. The number of hydrogen-bond acceptors (Lipinski definition) is 3. The van der Waals surface area contributed by atoms with Crippen molar-refractivity contribution in [2.75, 3.05) is 5.32 Å². The topological polar surface area (TPSA) is 57.8 Å². The van der Waals surface area contributed by atoms with Crippen LogP contribution in [0.25, 0.3) is 16.3 Å². The Morgan fingerprint density at radius 3 is 2.80 bits per heavy atom. The molecule has 1 aliphatic heterocycles. The summed E-state index contributed by atoms with van der Waals surface area (Å²) in [5, 5.41) is 12.3. The molecule has 0 amide bonds. The molecule has 0 saturated heterocycles. The smallest absolute Gasteiger partial charge is 0.272 e. The van der Waals surface area contributed by atoms with Crippen LogP contribution in [0.5, 0.6) is 0 Å². The first-order chi connectivity index (χ1) is 9.84. The van der Waals surface area contributed by atoms with Crippen molar-refractivity contribution in [3.05, 3.63) is 39.9 Å². The standard InChI is InChI=1S/C16H17N3O/c20-16-11-7-5-9-13-14(11)15(18-19-16)10-6-3-1-2-4-8-12(10)17-13/h5,7,9,17H,1-4,6,8H2,(H,19,20).